The van der Waals surface area contributed by atoms with Gasteiger partial charge in [0, 0.05) is 18.8 Å². The van der Waals surface area contributed by atoms with Crippen molar-refractivity contribution in [3.63, 3.8) is 0 Å². The van der Waals surface area contributed by atoms with Gasteiger partial charge in [-0.25, -0.2) is 0 Å². The molecule has 16 heavy (non-hydrogen) atoms. The molecule has 1 heterocycles. The number of hydrazine groups is 1. The predicted molar refractivity (Wildman–Crippen MR) is 66.7 cm³/mol. The molecule has 0 radical (unpaired) electrons. The van der Waals surface area contributed by atoms with Gasteiger partial charge in [0.1, 0.15) is 0 Å². The van der Waals surface area contributed by atoms with E-state index in [0.717, 1.165) is 25.0 Å². The molecule has 0 aliphatic heterocycles. The number of aryl methyl sites for hydroxylation is 2. The summed E-state index contributed by atoms with van der Waals surface area (Å²) >= 11 is 0. The van der Waals surface area contributed by atoms with Crippen molar-refractivity contribution in [2.45, 2.75) is 46.1 Å². The molecule has 0 saturated carbocycles. The van der Waals surface area contributed by atoms with Gasteiger partial charge in [0.15, 0.2) is 0 Å². The number of hydrogen-bond acceptors (Lipinski definition) is 3. The molecule has 4 nitrogen and oxygen atoms in total. The van der Waals surface area contributed by atoms with Crippen molar-refractivity contribution in [1.82, 2.24) is 15.2 Å². The van der Waals surface area contributed by atoms with Crippen LogP contribution >= 0.6 is 0 Å². The van der Waals surface area contributed by atoms with E-state index in [0.29, 0.717) is 5.92 Å². The van der Waals surface area contributed by atoms with Crippen LogP contribution in [0.15, 0.2) is 6.20 Å². The maximum atomic E-state index is 5.70. The number of rotatable bonds is 6. The average Bonchev–Trinajstić information content (AvgIpc) is 2.66. The summed E-state index contributed by atoms with van der Waals surface area (Å²) in [4.78, 5) is 0. The highest BCUT2D eigenvalue weighted by Gasteiger charge is 2.23. The van der Waals surface area contributed by atoms with Gasteiger partial charge in [-0.05, 0) is 12.3 Å². The molecule has 0 fully saturated rings. The molecular weight excluding hydrogens is 200 g/mol. The summed E-state index contributed by atoms with van der Waals surface area (Å²) in [6.45, 7) is 6.55. The lowest BCUT2D eigenvalue weighted by molar-refractivity contribution is 0.344. The lowest BCUT2D eigenvalue weighted by Gasteiger charge is -2.24. The van der Waals surface area contributed by atoms with Gasteiger partial charge in [-0.1, -0.05) is 33.6 Å². The van der Waals surface area contributed by atoms with E-state index in [1.807, 2.05) is 11.7 Å². The van der Waals surface area contributed by atoms with Crippen molar-refractivity contribution >= 4 is 0 Å². The fourth-order valence-corrected chi connectivity index (χ4v) is 2.33. The van der Waals surface area contributed by atoms with Gasteiger partial charge in [-0.3, -0.25) is 16.0 Å². The molecule has 3 N–H and O–H groups in total. The first kappa shape index (κ1) is 13.2. The van der Waals surface area contributed by atoms with Crippen LogP contribution in [0.25, 0.3) is 0 Å². The molecule has 0 aliphatic rings. The molecule has 0 bridgehead atoms. The maximum absolute atomic E-state index is 5.70. The summed E-state index contributed by atoms with van der Waals surface area (Å²) in [5.41, 5.74) is 5.36. The largest absolute Gasteiger partial charge is 0.275 e. The summed E-state index contributed by atoms with van der Waals surface area (Å²) in [5.74, 6) is 6.27. The molecular formula is C12H24N4. The Balaban J connectivity index is 3.01. The molecule has 1 aromatic heterocycles. The maximum Gasteiger partial charge on any atom is 0.0670 e. The smallest absolute Gasteiger partial charge is 0.0670 e. The third-order valence-corrected chi connectivity index (χ3v) is 3.31. The van der Waals surface area contributed by atoms with Gasteiger partial charge in [0.2, 0.25) is 0 Å². The van der Waals surface area contributed by atoms with Gasteiger partial charge in [-0.15, -0.1) is 0 Å². The molecule has 0 amide bonds. The Kier molecular flexibility index (Phi) is 4.96. The highest BCUT2D eigenvalue weighted by atomic mass is 15.3. The van der Waals surface area contributed by atoms with E-state index in [2.05, 4.69) is 37.5 Å². The topological polar surface area (TPSA) is 55.9 Å². The molecule has 0 aromatic carbocycles. The van der Waals surface area contributed by atoms with Crippen molar-refractivity contribution in [3.8, 4) is 0 Å². The van der Waals surface area contributed by atoms with E-state index in [4.69, 9.17) is 5.84 Å². The molecule has 4 heteroatoms. The number of nitrogens with zero attached hydrogens (tertiary/aromatic N) is 2. The van der Waals surface area contributed by atoms with Gasteiger partial charge >= 0.3 is 0 Å². The molecule has 1 unspecified atom stereocenters. The van der Waals surface area contributed by atoms with Crippen LogP contribution in [0.3, 0.4) is 0 Å². The lowest BCUT2D eigenvalue weighted by atomic mass is 9.89. The van der Waals surface area contributed by atoms with Gasteiger partial charge in [0.05, 0.1) is 11.7 Å². The fourth-order valence-electron chi connectivity index (χ4n) is 2.33. The number of nitrogens with two attached hydrogens (primary N) is 1. The first-order chi connectivity index (χ1) is 7.67. The number of hydrogen-bond donors (Lipinski definition) is 2. The van der Waals surface area contributed by atoms with E-state index in [9.17, 15) is 0 Å². The first-order valence-corrected chi connectivity index (χ1v) is 6.16. The van der Waals surface area contributed by atoms with Crippen molar-refractivity contribution in [2.75, 3.05) is 0 Å². The summed E-state index contributed by atoms with van der Waals surface area (Å²) in [5, 5.41) is 4.47. The molecule has 92 valence electrons. The Morgan fingerprint density at radius 1 is 1.38 bits per heavy atom. The summed E-state index contributed by atoms with van der Waals surface area (Å²) in [6.07, 6.45) is 5.29. The third-order valence-electron chi connectivity index (χ3n) is 3.31. The van der Waals surface area contributed by atoms with Crippen LogP contribution in [0, 0.1) is 5.92 Å². The average molecular weight is 224 g/mol. The van der Waals surface area contributed by atoms with Crippen LogP contribution < -0.4 is 11.3 Å². The van der Waals surface area contributed by atoms with Crippen molar-refractivity contribution < 1.29 is 0 Å². The standard InChI is InChI=1S/C12H24N4/c1-5-9(6-2)12(14-13)10-8-16(4)15-11(10)7-3/h8-9,12,14H,5-7,13H2,1-4H3. The third kappa shape index (κ3) is 2.62. The van der Waals surface area contributed by atoms with E-state index in [1.54, 1.807) is 0 Å². The van der Waals surface area contributed by atoms with Crippen LogP contribution in [0.4, 0.5) is 0 Å². The van der Waals surface area contributed by atoms with Crippen LogP contribution in [-0.2, 0) is 13.5 Å². The summed E-state index contributed by atoms with van der Waals surface area (Å²) < 4.78 is 1.88. The minimum atomic E-state index is 0.221. The fraction of sp³-hybridized carbons (Fsp3) is 0.750. The van der Waals surface area contributed by atoms with Crippen LogP contribution in [0.1, 0.15) is 50.9 Å². The zero-order valence-electron chi connectivity index (χ0n) is 10.8. The van der Waals surface area contributed by atoms with Crippen LogP contribution in [0.2, 0.25) is 0 Å². The summed E-state index contributed by atoms with van der Waals surface area (Å²) in [7, 11) is 1.96. The Labute approximate surface area is 98.2 Å². The zero-order chi connectivity index (χ0) is 12.1. The van der Waals surface area contributed by atoms with E-state index >= 15 is 0 Å². The molecule has 1 atom stereocenters. The quantitative estimate of drug-likeness (QED) is 0.573. The normalized spacial score (nSPS) is 13.4. The second-order valence-corrected chi connectivity index (χ2v) is 4.28. The van der Waals surface area contributed by atoms with Crippen LogP contribution in [0.5, 0.6) is 0 Å². The Bertz CT molecular complexity index is 315. The Hall–Kier alpha value is -0.870. The number of aromatic nitrogens is 2. The zero-order valence-corrected chi connectivity index (χ0v) is 10.8. The molecule has 0 saturated heterocycles. The van der Waals surface area contributed by atoms with E-state index in [1.165, 1.54) is 5.56 Å². The van der Waals surface area contributed by atoms with Gasteiger partial charge in [-0.2, -0.15) is 5.10 Å². The molecule has 0 aliphatic carbocycles. The Morgan fingerprint density at radius 3 is 2.44 bits per heavy atom. The van der Waals surface area contributed by atoms with E-state index < -0.39 is 0 Å². The predicted octanol–water partition coefficient (Wildman–Crippen LogP) is 1.92. The second-order valence-electron chi connectivity index (χ2n) is 4.28. The van der Waals surface area contributed by atoms with E-state index in [-0.39, 0.29) is 6.04 Å². The second kappa shape index (κ2) is 6.01. The van der Waals surface area contributed by atoms with Crippen molar-refractivity contribution in [3.05, 3.63) is 17.5 Å². The highest BCUT2D eigenvalue weighted by molar-refractivity contribution is 5.22. The minimum Gasteiger partial charge on any atom is -0.275 e. The first-order valence-electron chi connectivity index (χ1n) is 6.16. The van der Waals surface area contributed by atoms with Gasteiger partial charge < -0.3 is 0 Å². The molecule has 1 rings (SSSR count). The number of nitrogens with one attached hydrogen (secondary N) is 1. The van der Waals surface area contributed by atoms with Gasteiger partial charge in [0.25, 0.3) is 0 Å². The van der Waals surface area contributed by atoms with Crippen molar-refractivity contribution in [1.29, 1.82) is 0 Å². The lowest BCUT2D eigenvalue weighted by Crippen LogP contribution is -2.33. The van der Waals surface area contributed by atoms with Crippen LogP contribution in [-0.4, -0.2) is 9.78 Å². The SMILES string of the molecule is CCc1nn(C)cc1C(NN)C(CC)CC. The monoisotopic (exact) mass is 224 g/mol. The minimum absolute atomic E-state index is 0.221. The van der Waals surface area contributed by atoms with Crippen molar-refractivity contribution in [2.24, 2.45) is 18.8 Å². The molecule has 1 aromatic rings. The summed E-state index contributed by atoms with van der Waals surface area (Å²) in [6, 6.07) is 0.221. The molecule has 0 spiro atoms. The Morgan fingerprint density at radius 2 is 2.00 bits per heavy atom. The highest BCUT2D eigenvalue weighted by Crippen LogP contribution is 2.28.